The highest BCUT2D eigenvalue weighted by atomic mass is 32.1. The summed E-state index contributed by atoms with van der Waals surface area (Å²) >= 11 is 1.64. The van der Waals surface area contributed by atoms with Crippen molar-refractivity contribution >= 4 is 11.3 Å². The molecule has 1 saturated carbocycles. The van der Waals surface area contributed by atoms with Crippen LogP contribution in [0.25, 0.3) is 0 Å². The zero-order valence-electron chi connectivity index (χ0n) is 8.40. The Kier molecular flexibility index (Phi) is 2.91. The van der Waals surface area contributed by atoms with E-state index in [1.165, 1.54) is 0 Å². The molecule has 0 amide bonds. The molecule has 1 aliphatic rings. The number of ether oxygens (including phenoxy) is 1. The summed E-state index contributed by atoms with van der Waals surface area (Å²) in [6.07, 6.45) is 3.95. The monoisotopic (exact) mass is 212 g/mol. The van der Waals surface area contributed by atoms with Gasteiger partial charge in [0, 0.05) is 18.4 Å². The van der Waals surface area contributed by atoms with E-state index in [0.717, 1.165) is 30.6 Å². The van der Waals surface area contributed by atoms with E-state index in [0.29, 0.717) is 0 Å². The van der Waals surface area contributed by atoms with Crippen LogP contribution in [0.1, 0.15) is 30.6 Å². The van der Waals surface area contributed by atoms with E-state index in [1.807, 2.05) is 17.5 Å². The lowest BCUT2D eigenvalue weighted by Crippen LogP contribution is -2.35. The molecule has 1 heterocycles. The molecule has 0 bridgehead atoms. The van der Waals surface area contributed by atoms with Gasteiger partial charge in [0.15, 0.2) is 0 Å². The minimum Gasteiger partial charge on any atom is -0.384 e. The highest BCUT2D eigenvalue weighted by Gasteiger charge is 2.36. The third kappa shape index (κ3) is 1.85. The highest BCUT2D eigenvalue weighted by Crippen LogP contribution is 2.39. The molecule has 1 aromatic rings. The van der Waals surface area contributed by atoms with Crippen LogP contribution in [0.3, 0.4) is 0 Å². The average molecular weight is 212 g/mol. The normalized spacial score (nSPS) is 33.1. The van der Waals surface area contributed by atoms with Crippen LogP contribution in [-0.4, -0.2) is 18.3 Å². The van der Waals surface area contributed by atoms with Gasteiger partial charge in [-0.25, -0.2) is 0 Å². The Morgan fingerprint density at radius 1 is 1.64 bits per heavy atom. The Labute approximate surface area is 88.5 Å². The van der Waals surface area contributed by atoms with Gasteiger partial charge in [-0.2, -0.15) is 0 Å². The van der Waals surface area contributed by atoms with Crippen molar-refractivity contribution in [2.24, 2.45) is 0 Å². The van der Waals surface area contributed by atoms with E-state index in [2.05, 4.69) is 0 Å². The maximum atomic E-state index is 10.5. The van der Waals surface area contributed by atoms with Crippen LogP contribution in [-0.2, 0) is 10.3 Å². The van der Waals surface area contributed by atoms with Crippen LogP contribution >= 0.6 is 11.3 Å². The molecule has 1 N–H and O–H groups in total. The van der Waals surface area contributed by atoms with Crippen molar-refractivity contribution in [2.45, 2.75) is 37.4 Å². The summed E-state index contributed by atoms with van der Waals surface area (Å²) < 4.78 is 5.33. The number of hydrogen-bond acceptors (Lipinski definition) is 3. The predicted octanol–water partition coefficient (Wildman–Crippen LogP) is 2.52. The van der Waals surface area contributed by atoms with Gasteiger partial charge in [-0.3, -0.25) is 0 Å². The Hall–Kier alpha value is -0.380. The van der Waals surface area contributed by atoms with Crippen molar-refractivity contribution in [3.05, 3.63) is 22.4 Å². The van der Waals surface area contributed by atoms with Gasteiger partial charge in [-0.15, -0.1) is 11.3 Å². The second kappa shape index (κ2) is 4.01. The lowest BCUT2D eigenvalue weighted by molar-refractivity contribution is -0.0609. The lowest BCUT2D eigenvalue weighted by atomic mass is 9.82. The third-order valence-electron chi connectivity index (χ3n) is 2.99. The first-order valence-corrected chi connectivity index (χ1v) is 5.92. The largest absolute Gasteiger partial charge is 0.384 e. The van der Waals surface area contributed by atoms with Gasteiger partial charge in [0.05, 0.1) is 6.10 Å². The molecule has 0 saturated heterocycles. The molecule has 1 aromatic heterocycles. The van der Waals surface area contributed by atoms with E-state index in [-0.39, 0.29) is 6.10 Å². The van der Waals surface area contributed by atoms with Crippen LogP contribution in [0.2, 0.25) is 0 Å². The zero-order chi connectivity index (χ0) is 10.0. The minimum atomic E-state index is -0.632. The summed E-state index contributed by atoms with van der Waals surface area (Å²) in [6.45, 7) is 0. The first-order valence-electron chi connectivity index (χ1n) is 5.04. The van der Waals surface area contributed by atoms with E-state index in [4.69, 9.17) is 4.74 Å². The fraction of sp³-hybridized carbons (Fsp3) is 0.636. The molecule has 2 nitrogen and oxygen atoms in total. The molecule has 2 atom stereocenters. The molecule has 2 unspecified atom stereocenters. The Balaban J connectivity index is 2.15. The Morgan fingerprint density at radius 3 is 3.14 bits per heavy atom. The van der Waals surface area contributed by atoms with Crippen molar-refractivity contribution < 1.29 is 9.84 Å². The quantitative estimate of drug-likeness (QED) is 0.816. The summed E-state index contributed by atoms with van der Waals surface area (Å²) in [6, 6.07) is 4.01. The van der Waals surface area contributed by atoms with Gasteiger partial charge >= 0.3 is 0 Å². The van der Waals surface area contributed by atoms with Gasteiger partial charge in [0.1, 0.15) is 5.60 Å². The molecule has 0 spiro atoms. The van der Waals surface area contributed by atoms with Gasteiger partial charge in [-0.1, -0.05) is 6.07 Å². The molecule has 1 fully saturated rings. The van der Waals surface area contributed by atoms with E-state index in [1.54, 1.807) is 18.4 Å². The number of thiophene rings is 1. The minimum absolute atomic E-state index is 0.218. The average Bonchev–Trinajstić information content (AvgIpc) is 2.71. The summed E-state index contributed by atoms with van der Waals surface area (Å²) in [4.78, 5) is 1.08. The van der Waals surface area contributed by atoms with Gasteiger partial charge < -0.3 is 9.84 Å². The highest BCUT2D eigenvalue weighted by molar-refractivity contribution is 7.10. The maximum absolute atomic E-state index is 10.5. The van der Waals surface area contributed by atoms with E-state index >= 15 is 0 Å². The molecule has 1 aliphatic carbocycles. The number of methoxy groups -OCH3 is 1. The van der Waals surface area contributed by atoms with Crippen molar-refractivity contribution in [3.63, 3.8) is 0 Å². The second-order valence-corrected chi connectivity index (χ2v) is 4.91. The summed E-state index contributed by atoms with van der Waals surface area (Å²) in [5.74, 6) is 0. The van der Waals surface area contributed by atoms with Crippen molar-refractivity contribution in [1.82, 2.24) is 0 Å². The van der Waals surface area contributed by atoms with Crippen LogP contribution < -0.4 is 0 Å². The molecule has 0 radical (unpaired) electrons. The first-order chi connectivity index (χ1) is 6.74. The van der Waals surface area contributed by atoms with Gasteiger partial charge in [0.2, 0.25) is 0 Å². The smallest absolute Gasteiger partial charge is 0.101 e. The Bertz CT molecular complexity index is 283. The third-order valence-corrected chi connectivity index (χ3v) is 4.06. The van der Waals surface area contributed by atoms with Crippen molar-refractivity contribution in [3.8, 4) is 0 Å². The number of aliphatic hydroxyl groups is 1. The summed E-state index contributed by atoms with van der Waals surface area (Å²) in [5, 5.41) is 12.5. The molecule has 0 aromatic carbocycles. The number of hydrogen-bond donors (Lipinski definition) is 1. The number of rotatable bonds is 2. The van der Waals surface area contributed by atoms with Gasteiger partial charge in [0.25, 0.3) is 0 Å². The fourth-order valence-corrected chi connectivity index (χ4v) is 3.04. The summed E-state index contributed by atoms with van der Waals surface area (Å²) in [5.41, 5.74) is -0.632. The van der Waals surface area contributed by atoms with Crippen molar-refractivity contribution in [2.75, 3.05) is 7.11 Å². The molecule has 0 aliphatic heterocycles. The zero-order valence-corrected chi connectivity index (χ0v) is 9.22. The lowest BCUT2D eigenvalue weighted by Gasteiger charge is -2.35. The first kappa shape index (κ1) is 10.1. The molecule has 14 heavy (non-hydrogen) atoms. The molecular formula is C11H16O2S. The molecule has 3 heteroatoms. The maximum Gasteiger partial charge on any atom is 0.101 e. The van der Waals surface area contributed by atoms with Crippen LogP contribution in [0.4, 0.5) is 0 Å². The topological polar surface area (TPSA) is 29.5 Å². The van der Waals surface area contributed by atoms with Gasteiger partial charge in [-0.05, 0) is 30.7 Å². The van der Waals surface area contributed by atoms with E-state index < -0.39 is 5.60 Å². The predicted molar refractivity (Wildman–Crippen MR) is 57.5 cm³/mol. The standard InChI is InChI=1S/C11H16O2S/c1-13-9-4-2-6-11(12,8-9)10-5-3-7-14-10/h3,5,7,9,12H,2,4,6,8H2,1H3. The molecular weight excluding hydrogens is 196 g/mol. The molecule has 2 rings (SSSR count). The van der Waals surface area contributed by atoms with Crippen LogP contribution in [0.5, 0.6) is 0 Å². The van der Waals surface area contributed by atoms with Crippen LogP contribution in [0.15, 0.2) is 17.5 Å². The second-order valence-electron chi connectivity index (χ2n) is 3.96. The SMILES string of the molecule is COC1CCCC(O)(c2cccs2)C1. The van der Waals surface area contributed by atoms with Crippen LogP contribution in [0, 0.1) is 0 Å². The van der Waals surface area contributed by atoms with E-state index in [9.17, 15) is 5.11 Å². The summed E-state index contributed by atoms with van der Waals surface area (Å²) in [7, 11) is 1.73. The molecule has 78 valence electrons. The fourth-order valence-electron chi connectivity index (χ4n) is 2.17. The van der Waals surface area contributed by atoms with Crippen molar-refractivity contribution in [1.29, 1.82) is 0 Å². The Morgan fingerprint density at radius 2 is 2.50 bits per heavy atom.